The quantitative estimate of drug-likeness (QED) is 0.790. The van der Waals surface area contributed by atoms with E-state index in [9.17, 15) is 21.6 Å². The van der Waals surface area contributed by atoms with Gasteiger partial charge in [0.25, 0.3) is 0 Å². The number of sulfonamides is 1. The van der Waals surface area contributed by atoms with Gasteiger partial charge in [-0.1, -0.05) is 0 Å². The van der Waals surface area contributed by atoms with Crippen LogP contribution in [0, 0.1) is 0 Å². The van der Waals surface area contributed by atoms with Crippen molar-refractivity contribution in [1.82, 2.24) is 9.21 Å². The van der Waals surface area contributed by atoms with E-state index in [0.717, 1.165) is 49.9 Å². The maximum atomic E-state index is 12.9. The van der Waals surface area contributed by atoms with Crippen LogP contribution in [0.25, 0.3) is 0 Å². The second-order valence-electron chi connectivity index (χ2n) is 7.40. The number of halogens is 3. The Morgan fingerprint density at radius 1 is 1.00 bits per heavy atom. The number of rotatable bonds is 3. The van der Waals surface area contributed by atoms with Crippen LogP contribution in [-0.4, -0.2) is 48.8 Å². The zero-order valence-corrected chi connectivity index (χ0v) is 15.9. The van der Waals surface area contributed by atoms with Crippen LogP contribution >= 0.6 is 0 Å². The van der Waals surface area contributed by atoms with Crippen LogP contribution in [0.5, 0.6) is 0 Å². The van der Waals surface area contributed by atoms with Gasteiger partial charge in [0.1, 0.15) is 0 Å². The van der Waals surface area contributed by atoms with Crippen molar-refractivity contribution < 1.29 is 21.6 Å². The predicted octanol–water partition coefficient (Wildman–Crippen LogP) is 3.73. The van der Waals surface area contributed by atoms with Gasteiger partial charge in [-0.25, -0.2) is 8.42 Å². The van der Waals surface area contributed by atoms with Gasteiger partial charge in [-0.3, -0.25) is 4.90 Å². The number of hydrogen-bond acceptors (Lipinski definition) is 3. The lowest BCUT2D eigenvalue weighted by Crippen LogP contribution is -2.52. The molecule has 2 aliphatic rings. The molecule has 146 valence electrons. The summed E-state index contributed by atoms with van der Waals surface area (Å²) in [6, 6.07) is 4.82. The summed E-state index contributed by atoms with van der Waals surface area (Å²) in [6.45, 7) is 5.16. The van der Waals surface area contributed by atoms with Crippen LogP contribution in [0.2, 0.25) is 0 Å². The molecule has 0 bridgehead atoms. The molecule has 1 aromatic carbocycles. The van der Waals surface area contributed by atoms with Crippen molar-refractivity contribution in [3.8, 4) is 0 Å². The number of piperidine rings is 1. The molecule has 0 aliphatic carbocycles. The monoisotopic (exact) mass is 390 g/mol. The summed E-state index contributed by atoms with van der Waals surface area (Å²) in [5, 5.41) is 0. The molecular weight excluding hydrogens is 365 g/mol. The molecule has 0 radical (unpaired) electrons. The van der Waals surface area contributed by atoms with Crippen LogP contribution in [0.1, 0.15) is 45.1 Å². The second-order valence-corrected chi connectivity index (χ2v) is 9.34. The van der Waals surface area contributed by atoms with E-state index < -0.39 is 21.8 Å². The van der Waals surface area contributed by atoms with Gasteiger partial charge in [0.15, 0.2) is 0 Å². The summed E-state index contributed by atoms with van der Waals surface area (Å²) in [7, 11) is -3.78. The number of nitrogens with zero attached hydrogens (tertiary/aromatic N) is 2. The molecule has 2 aliphatic heterocycles. The van der Waals surface area contributed by atoms with Gasteiger partial charge in [-0.05, 0) is 63.8 Å². The van der Waals surface area contributed by atoms with Crippen LogP contribution in [0.4, 0.5) is 13.2 Å². The number of hydrogen-bond donors (Lipinski definition) is 0. The zero-order valence-electron chi connectivity index (χ0n) is 15.0. The summed E-state index contributed by atoms with van der Waals surface area (Å²) < 4.78 is 65.3. The molecule has 26 heavy (non-hydrogen) atoms. The average molecular weight is 390 g/mol. The fourth-order valence-electron chi connectivity index (χ4n) is 4.28. The van der Waals surface area contributed by atoms with E-state index in [1.54, 1.807) is 0 Å². The predicted molar refractivity (Wildman–Crippen MR) is 93.2 cm³/mol. The molecule has 0 unspecified atom stereocenters. The zero-order chi connectivity index (χ0) is 19.1. The van der Waals surface area contributed by atoms with Gasteiger partial charge >= 0.3 is 6.18 Å². The number of alkyl halides is 3. The minimum absolute atomic E-state index is 0.0753. The highest BCUT2D eigenvalue weighted by Gasteiger charge is 2.38. The van der Waals surface area contributed by atoms with Crippen molar-refractivity contribution >= 4 is 10.0 Å². The molecule has 2 fully saturated rings. The Balaban J connectivity index is 1.78. The third kappa shape index (κ3) is 3.77. The first-order valence-corrected chi connectivity index (χ1v) is 10.5. The lowest BCUT2D eigenvalue weighted by atomic mass is 10.0. The first kappa shape index (κ1) is 19.6. The Hall–Kier alpha value is -1.12. The van der Waals surface area contributed by atoms with E-state index >= 15 is 0 Å². The highest BCUT2D eigenvalue weighted by atomic mass is 32.2. The van der Waals surface area contributed by atoms with E-state index in [0.29, 0.717) is 25.2 Å². The van der Waals surface area contributed by atoms with Crippen LogP contribution in [0.15, 0.2) is 29.2 Å². The van der Waals surface area contributed by atoms with E-state index in [1.165, 1.54) is 4.31 Å². The average Bonchev–Trinajstić information content (AvgIpc) is 2.93. The molecule has 1 aromatic rings. The minimum Gasteiger partial charge on any atom is -0.294 e. The Labute approximate surface area is 153 Å². The van der Waals surface area contributed by atoms with Crippen LogP contribution in [-0.2, 0) is 16.2 Å². The molecule has 2 saturated heterocycles. The molecule has 0 spiro atoms. The molecule has 0 amide bonds. The lowest BCUT2D eigenvalue weighted by Gasteiger charge is -2.41. The minimum atomic E-state index is -4.47. The fourth-order valence-corrected chi connectivity index (χ4v) is 5.80. The largest absolute Gasteiger partial charge is 0.416 e. The first-order valence-electron chi connectivity index (χ1n) is 9.05. The molecule has 4 nitrogen and oxygen atoms in total. The molecule has 0 aromatic heterocycles. The van der Waals surface area contributed by atoms with Gasteiger partial charge in [0.2, 0.25) is 10.0 Å². The second kappa shape index (κ2) is 7.13. The molecule has 0 N–H and O–H groups in total. The van der Waals surface area contributed by atoms with E-state index in [4.69, 9.17) is 0 Å². The van der Waals surface area contributed by atoms with Crippen molar-refractivity contribution in [3.05, 3.63) is 29.8 Å². The molecule has 3 atom stereocenters. The highest BCUT2D eigenvalue weighted by molar-refractivity contribution is 7.89. The van der Waals surface area contributed by atoms with Crippen molar-refractivity contribution in [1.29, 1.82) is 0 Å². The topological polar surface area (TPSA) is 40.6 Å². The molecular formula is C18H25F3N2O2S. The summed E-state index contributed by atoms with van der Waals surface area (Å²) in [5.41, 5.74) is -0.840. The van der Waals surface area contributed by atoms with Crippen molar-refractivity contribution in [2.75, 3.05) is 13.1 Å². The smallest absolute Gasteiger partial charge is 0.294 e. The van der Waals surface area contributed by atoms with Crippen molar-refractivity contribution in [3.63, 3.8) is 0 Å². The highest BCUT2D eigenvalue weighted by Crippen LogP contribution is 2.33. The molecule has 2 heterocycles. The maximum Gasteiger partial charge on any atom is 0.416 e. The maximum absolute atomic E-state index is 12.9. The molecule has 8 heteroatoms. The fraction of sp³-hybridized carbons (Fsp3) is 0.667. The third-order valence-electron chi connectivity index (χ3n) is 5.62. The van der Waals surface area contributed by atoms with E-state index in [2.05, 4.69) is 18.7 Å². The Morgan fingerprint density at radius 2 is 1.58 bits per heavy atom. The first-order chi connectivity index (χ1) is 12.1. The normalized spacial score (nSPS) is 29.2. The standard InChI is InChI=1S/C18H25F3N2O2S/c1-13-5-6-14(2)23(13)16-4-3-11-22(12-16)26(24,25)17-9-7-15(8-10-17)18(19,20)21/h7-10,13-14,16H,3-6,11-12H2,1-2H3/t13-,14-,16+/m1/s1. The van der Waals surface area contributed by atoms with E-state index in [1.807, 2.05) is 0 Å². The number of likely N-dealkylation sites (tertiary alicyclic amines) is 1. The lowest BCUT2D eigenvalue weighted by molar-refractivity contribution is -0.137. The Bertz CT molecular complexity index is 724. The van der Waals surface area contributed by atoms with E-state index in [-0.39, 0.29) is 10.9 Å². The van der Waals surface area contributed by atoms with Crippen molar-refractivity contribution in [2.45, 2.75) is 68.7 Å². The van der Waals surface area contributed by atoms with Gasteiger partial charge in [0.05, 0.1) is 10.5 Å². The Morgan fingerprint density at radius 3 is 2.12 bits per heavy atom. The number of benzene rings is 1. The van der Waals surface area contributed by atoms with Gasteiger partial charge in [-0.15, -0.1) is 0 Å². The van der Waals surface area contributed by atoms with Crippen LogP contribution < -0.4 is 0 Å². The Kier molecular flexibility index (Phi) is 5.38. The molecule has 0 saturated carbocycles. The van der Waals surface area contributed by atoms with Gasteiger partial charge < -0.3 is 0 Å². The third-order valence-corrected chi connectivity index (χ3v) is 7.50. The van der Waals surface area contributed by atoms with Crippen molar-refractivity contribution in [2.24, 2.45) is 0 Å². The summed E-state index contributed by atoms with van der Waals surface area (Å²) in [5.74, 6) is 0. The summed E-state index contributed by atoms with van der Waals surface area (Å²) >= 11 is 0. The van der Waals surface area contributed by atoms with Crippen LogP contribution in [0.3, 0.4) is 0 Å². The summed E-state index contributed by atoms with van der Waals surface area (Å²) in [6.07, 6.45) is -0.526. The molecule has 3 rings (SSSR count). The van der Waals surface area contributed by atoms with Gasteiger partial charge in [-0.2, -0.15) is 17.5 Å². The van der Waals surface area contributed by atoms with Gasteiger partial charge in [0, 0.05) is 31.2 Å². The summed E-state index contributed by atoms with van der Waals surface area (Å²) in [4.78, 5) is 2.34. The SMILES string of the molecule is C[C@@H]1CC[C@@H](C)N1[C@H]1CCCN(S(=O)(=O)c2ccc(C(F)(F)F)cc2)C1.